The molecule has 5 nitrogen and oxygen atoms in total. The number of aryl methyl sites for hydroxylation is 1. The molecule has 6 heteroatoms. The molecule has 0 bridgehead atoms. The van der Waals surface area contributed by atoms with Gasteiger partial charge >= 0.3 is 0 Å². The minimum absolute atomic E-state index is 0.210. The van der Waals surface area contributed by atoms with E-state index in [2.05, 4.69) is 4.90 Å². The lowest BCUT2D eigenvalue weighted by atomic mass is 10.0. The molecule has 1 aromatic carbocycles. The van der Waals surface area contributed by atoms with Gasteiger partial charge in [0, 0.05) is 25.2 Å². The zero-order valence-corrected chi connectivity index (χ0v) is 14.5. The lowest BCUT2D eigenvalue weighted by Crippen LogP contribution is -2.48. The molecule has 0 amide bonds. The number of rotatable bonds is 4. The van der Waals surface area contributed by atoms with E-state index in [0.29, 0.717) is 24.0 Å². The van der Waals surface area contributed by atoms with Crippen LogP contribution in [-0.4, -0.2) is 61.1 Å². The Morgan fingerprint density at radius 1 is 1.09 bits per heavy atom. The zero-order valence-electron chi connectivity index (χ0n) is 13.7. The van der Waals surface area contributed by atoms with Crippen LogP contribution in [0.4, 0.5) is 0 Å². The van der Waals surface area contributed by atoms with Crippen LogP contribution in [0.2, 0.25) is 0 Å². The molecule has 0 spiro atoms. The van der Waals surface area contributed by atoms with Crippen molar-refractivity contribution >= 4 is 10.0 Å². The van der Waals surface area contributed by atoms with Crippen LogP contribution in [0.5, 0.6) is 0 Å². The topological polar surface area (TPSA) is 60.9 Å². The minimum Gasteiger partial charge on any atom is -0.395 e. The Labute approximate surface area is 139 Å². The van der Waals surface area contributed by atoms with Gasteiger partial charge in [-0.05, 0) is 51.3 Å². The van der Waals surface area contributed by atoms with Gasteiger partial charge in [-0.25, -0.2) is 8.42 Å². The van der Waals surface area contributed by atoms with Gasteiger partial charge < -0.3 is 5.11 Å². The molecule has 23 heavy (non-hydrogen) atoms. The highest BCUT2D eigenvalue weighted by molar-refractivity contribution is 7.89. The van der Waals surface area contributed by atoms with Crippen molar-refractivity contribution in [3.63, 3.8) is 0 Å². The molecule has 0 aromatic heterocycles. The highest BCUT2D eigenvalue weighted by atomic mass is 32.2. The van der Waals surface area contributed by atoms with Crippen molar-refractivity contribution < 1.29 is 13.5 Å². The molecule has 0 unspecified atom stereocenters. The molecule has 128 valence electrons. The maximum atomic E-state index is 12.7. The number of aliphatic hydroxyl groups is 1. The summed E-state index contributed by atoms with van der Waals surface area (Å²) in [6.07, 6.45) is 3.88. The first-order valence-corrected chi connectivity index (χ1v) is 9.90. The Balaban J connectivity index is 1.65. The highest BCUT2D eigenvalue weighted by Gasteiger charge is 2.35. The van der Waals surface area contributed by atoms with Crippen molar-refractivity contribution in [1.82, 2.24) is 9.21 Å². The third-order valence-corrected chi connectivity index (χ3v) is 7.10. The second-order valence-electron chi connectivity index (χ2n) is 6.66. The van der Waals surface area contributed by atoms with Crippen molar-refractivity contribution in [2.24, 2.45) is 0 Å². The summed E-state index contributed by atoms with van der Waals surface area (Å²) < 4.78 is 27.0. The summed E-state index contributed by atoms with van der Waals surface area (Å²) >= 11 is 0. The van der Waals surface area contributed by atoms with E-state index in [9.17, 15) is 13.5 Å². The Morgan fingerprint density at radius 2 is 1.74 bits per heavy atom. The number of nitrogens with zero attached hydrogens (tertiary/aromatic N) is 2. The van der Waals surface area contributed by atoms with Crippen molar-refractivity contribution in [3.05, 3.63) is 29.8 Å². The monoisotopic (exact) mass is 338 g/mol. The molecule has 3 rings (SSSR count). The molecule has 0 saturated carbocycles. The van der Waals surface area contributed by atoms with Gasteiger partial charge in [0.1, 0.15) is 0 Å². The van der Waals surface area contributed by atoms with Crippen LogP contribution >= 0.6 is 0 Å². The van der Waals surface area contributed by atoms with Gasteiger partial charge in [-0.15, -0.1) is 0 Å². The van der Waals surface area contributed by atoms with Crippen LogP contribution < -0.4 is 0 Å². The van der Waals surface area contributed by atoms with E-state index < -0.39 is 10.0 Å². The summed E-state index contributed by atoms with van der Waals surface area (Å²) in [4.78, 5) is 2.77. The number of aliphatic hydroxyl groups excluding tert-OH is 1. The third-order valence-electron chi connectivity index (χ3n) is 5.18. The molecule has 0 aliphatic carbocycles. The molecule has 2 fully saturated rings. The maximum Gasteiger partial charge on any atom is 0.243 e. The Kier molecular flexibility index (Phi) is 5.06. The fraction of sp³-hybridized carbons (Fsp3) is 0.647. The van der Waals surface area contributed by atoms with Crippen molar-refractivity contribution in [3.8, 4) is 0 Å². The Bertz CT molecular complexity index is 622. The van der Waals surface area contributed by atoms with Crippen LogP contribution in [0.15, 0.2) is 29.2 Å². The largest absolute Gasteiger partial charge is 0.395 e. The van der Waals surface area contributed by atoms with E-state index in [0.717, 1.165) is 37.8 Å². The lowest BCUT2D eigenvalue weighted by molar-refractivity contribution is 0.0899. The second-order valence-corrected chi connectivity index (χ2v) is 8.60. The number of piperidine rings is 1. The number of likely N-dealkylation sites (tertiary alicyclic amines) is 1. The first-order valence-electron chi connectivity index (χ1n) is 8.46. The summed E-state index contributed by atoms with van der Waals surface area (Å²) in [5.74, 6) is 0. The molecule has 2 aliphatic heterocycles. The summed E-state index contributed by atoms with van der Waals surface area (Å²) in [6, 6.07) is 7.74. The first kappa shape index (κ1) is 16.9. The molecule has 1 aromatic rings. The van der Waals surface area contributed by atoms with E-state index in [1.54, 1.807) is 16.4 Å². The average Bonchev–Trinajstić information content (AvgIpc) is 3.04. The normalized spacial score (nSPS) is 25.0. The standard InChI is InChI=1S/C17H26N2O3S/c1-14-4-6-17(7-5-14)23(21,22)18-11-8-15(9-12-18)19-10-2-3-16(19)13-20/h4-7,15-16,20H,2-3,8-13H2,1H3/t16-/m1/s1. The smallest absolute Gasteiger partial charge is 0.243 e. The fourth-order valence-electron chi connectivity index (χ4n) is 3.81. The molecule has 2 saturated heterocycles. The van der Waals surface area contributed by atoms with Crippen LogP contribution in [0.3, 0.4) is 0 Å². The number of benzene rings is 1. The van der Waals surface area contributed by atoms with Crippen LogP contribution in [0.25, 0.3) is 0 Å². The van der Waals surface area contributed by atoms with Crippen molar-refractivity contribution in [2.75, 3.05) is 26.2 Å². The predicted molar refractivity (Wildman–Crippen MR) is 89.8 cm³/mol. The molecule has 1 atom stereocenters. The molecule has 0 radical (unpaired) electrons. The summed E-state index contributed by atoms with van der Waals surface area (Å²) in [6.45, 7) is 4.32. The SMILES string of the molecule is Cc1ccc(S(=O)(=O)N2CCC(N3CCC[C@@H]3CO)CC2)cc1. The summed E-state index contributed by atoms with van der Waals surface area (Å²) in [5.41, 5.74) is 1.06. The quantitative estimate of drug-likeness (QED) is 0.906. The van der Waals surface area contributed by atoms with E-state index >= 15 is 0 Å². The van der Waals surface area contributed by atoms with Gasteiger partial charge in [0.2, 0.25) is 10.0 Å². The van der Waals surface area contributed by atoms with Gasteiger partial charge in [0.15, 0.2) is 0 Å². The van der Waals surface area contributed by atoms with Crippen LogP contribution in [-0.2, 0) is 10.0 Å². The van der Waals surface area contributed by atoms with Gasteiger partial charge in [-0.3, -0.25) is 4.90 Å². The maximum absolute atomic E-state index is 12.7. The fourth-order valence-corrected chi connectivity index (χ4v) is 5.28. The average molecular weight is 338 g/mol. The number of hydrogen-bond acceptors (Lipinski definition) is 4. The minimum atomic E-state index is -3.38. The Morgan fingerprint density at radius 3 is 2.35 bits per heavy atom. The van der Waals surface area contributed by atoms with E-state index in [4.69, 9.17) is 0 Å². The molecular weight excluding hydrogens is 312 g/mol. The van der Waals surface area contributed by atoms with Gasteiger partial charge in [-0.2, -0.15) is 4.31 Å². The van der Waals surface area contributed by atoms with Crippen molar-refractivity contribution in [1.29, 1.82) is 0 Å². The van der Waals surface area contributed by atoms with Crippen molar-refractivity contribution in [2.45, 2.75) is 49.6 Å². The molecule has 2 heterocycles. The molecule has 2 aliphatic rings. The third kappa shape index (κ3) is 3.45. The van der Waals surface area contributed by atoms with Gasteiger partial charge in [-0.1, -0.05) is 17.7 Å². The number of hydrogen-bond donors (Lipinski definition) is 1. The highest BCUT2D eigenvalue weighted by Crippen LogP contribution is 2.28. The van der Waals surface area contributed by atoms with E-state index in [-0.39, 0.29) is 12.6 Å². The summed E-state index contributed by atoms with van der Waals surface area (Å²) in [5, 5.41) is 9.47. The predicted octanol–water partition coefficient (Wildman–Crippen LogP) is 1.60. The molecule has 1 N–H and O–H groups in total. The van der Waals surface area contributed by atoms with E-state index in [1.165, 1.54) is 0 Å². The first-order chi connectivity index (χ1) is 11.0. The molecular formula is C17H26N2O3S. The van der Waals surface area contributed by atoms with Gasteiger partial charge in [0.05, 0.1) is 11.5 Å². The number of sulfonamides is 1. The van der Waals surface area contributed by atoms with Crippen LogP contribution in [0, 0.1) is 6.92 Å². The van der Waals surface area contributed by atoms with E-state index in [1.807, 2.05) is 19.1 Å². The second kappa shape index (κ2) is 6.89. The Hall–Kier alpha value is -0.950. The van der Waals surface area contributed by atoms with Crippen LogP contribution in [0.1, 0.15) is 31.2 Å². The lowest BCUT2D eigenvalue weighted by Gasteiger charge is -2.38. The zero-order chi connectivity index (χ0) is 16.4. The van der Waals surface area contributed by atoms with Gasteiger partial charge in [0.25, 0.3) is 0 Å². The summed E-state index contributed by atoms with van der Waals surface area (Å²) in [7, 11) is -3.38.